The molecule has 162 valence electrons. The first-order chi connectivity index (χ1) is 14.7. The minimum atomic E-state index is -3.33. The van der Waals surface area contributed by atoms with E-state index in [9.17, 15) is 13.2 Å². The maximum atomic E-state index is 11.8. The summed E-state index contributed by atoms with van der Waals surface area (Å²) >= 11 is 0. The lowest BCUT2D eigenvalue weighted by atomic mass is 10.0. The van der Waals surface area contributed by atoms with Crippen LogP contribution in [0.15, 0.2) is 48.5 Å². The number of sulfonamides is 1. The van der Waals surface area contributed by atoms with Crippen molar-refractivity contribution in [2.75, 3.05) is 22.8 Å². The number of fused-ring (bicyclic) bond motifs is 1. The molecule has 2 heterocycles. The number of amides is 1. The van der Waals surface area contributed by atoms with E-state index in [0.717, 1.165) is 46.6 Å². The molecule has 3 aromatic rings. The number of carbonyl (C=O) groups is 1. The Balaban J connectivity index is 1.54. The molecular formula is C22H25N5O3S. The predicted molar refractivity (Wildman–Crippen MR) is 122 cm³/mol. The average molecular weight is 440 g/mol. The Kier molecular flexibility index (Phi) is 5.45. The van der Waals surface area contributed by atoms with Gasteiger partial charge in [-0.1, -0.05) is 24.3 Å². The molecule has 2 N–H and O–H groups in total. The maximum Gasteiger partial charge on any atom is 0.229 e. The number of nitrogens with zero attached hydrogens (tertiary/aromatic N) is 3. The fraction of sp³-hybridized carbons (Fsp3) is 0.273. The molecule has 0 saturated carbocycles. The molecular weight excluding hydrogens is 414 g/mol. The van der Waals surface area contributed by atoms with E-state index in [-0.39, 0.29) is 5.91 Å². The number of aryl methyl sites for hydroxylation is 1. The molecule has 0 spiro atoms. The standard InChI is InChI=1S/C22H25N5O3S/c1-15(28)27-12-11-21-20(14-27)22(24-26(21)2)23-18-9-7-16(8-10-18)17-5-4-6-19(13-17)25-31(3,29)30/h4-10,13,25H,11-12,14H2,1-3H3,(H,23,24). The molecule has 2 aromatic carbocycles. The van der Waals surface area contributed by atoms with Gasteiger partial charge in [0.1, 0.15) is 0 Å². The number of aromatic nitrogens is 2. The zero-order valence-electron chi connectivity index (χ0n) is 17.7. The molecule has 0 aliphatic carbocycles. The molecule has 0 bridgehead atoms. The summed E-state index contributed by atoms with van der Waals surface area (Å²) in [6.45, 7) is 2.86. The van der Waals surface area contributed by atoms with Gasteiger partial charge in [-0.3, -0.25) is 14.2 Å². The van der Waals surface area contributed by atoms with E-state index in [2.05, 4.69) is 15.1 Å². The van der Waals surface area contributed by atoms with Crippen LogP contribution in [0, 0.1) is 0 Å². The van der Waals surface area contributed by atoms with Crippen molar-refractivity contribution in [3.8, 4) is 11.1 Å². The van der Waals surface area contributed by atoms with Crippen molar-refractivity contribution in [2.24, 2.45) is 7.05 Å². The van der Waals surface area contributed by atoms with Gasteiger partial charge in [-0.15, -0.1) is 0 Å². The van der Waals surface area contributed by atoms with Gasteiger partial charge in [0.2, 0.25) is 15.9 Å². The molecule has 0 radical (unpaired) electrons. The van der Waals surface area contributed by atoms with Crippen molar-refractivity contribution >= 4 is 33.1 Å². The third kappa shape index (κ3) is 4.72. The Hall–Kier alpha value is -3.33. The zero-order valence-corrected chi connectivity index (χ0v) is 18.5. The van der Waals surface area contributed by atoms with E-state index in [0.29, 0.717) is 18.8 Å². The van der Waals surface area contributed by atoms with Gasteiger partial charge in [0.05, 0.1) is 12.8 Å². The lowest BCUT2D eigenvalue weighted by Crippen LogP contribution is -2.34. The average Bonchev–Trinajstić information content (AvgIpc) is 3.02. The summed E-state index contributed by atoms with van der Waals surface area (Å²) < 4.78 is 27.3. The van der Waals surface area contributed by atoms with Crippen LogP contribution in [0.1, 0.15) is 18.2 Å². The van der Waals surface area contributed by atoms with Crippen molar-refractivity contribution in [3.63, 3.8) is 0 Å². The van der Waals surface area contributed by atoms with Crippen LogP contribution in [0.5, 0.6) is 0 Å². The number of benzene rings is 2. The summed E-state index contributed by atoms with van der Waals surface area (Å²) in [6, 6.07) is 15.1. The van der Waals surface area contributed by atoms with Crippen LogP contribution in [0.3, 0.4) is 0 Å². The summed E-state index contributed by atoms with van der Waals surface area (Å²) in [7, 11) is -1.40. The molecule has 1 aliphatic heterocycles. The van der Waals surface area contributed by atoms with Crippen LogP contribution in [-0.2, 0) is 34.8 Å². The quantitative estimate of drug-likeness (QED) is 0.637. The maximum absolute atomic E-state index is 11.8. The topological polar surface area (TPSA) is 96.3 Å². The van der Waals surface area contributed by atoms with Gasteiger partial charge < -0.3 is 10.2 Å². The second-order valence-corrected chi connectivity index (χ2v) is 9.49. The molecule has 4 rings (SSSR count). The Labute approximate surface area is 181 Å². The molecule has 9 heteroatoms. The first-order valence-electron chi connectivity index (χ1n) is 9.95. The monoisotopic (exact) mass is 439 g/mol. The number of rotatable bonds is 5. The minimum Gasteiger partial charge on any atom is -0.338 e. The summed E-state index contributed by atoms with van der Waals surface area (Å²) in [6.07, 6.45) is 1.92. The first kappa shape index (κ1) is 20.9. The summed E-state index contributed by atoms with van der Waals surface area (Å²) in [4.78, 5) is 13.6. The molecule has 0 saturated heterocycles. The van der Waals surface area contributed by atoms with E-state index in [1.165, 1.54) is 0 Å². The highest BCUT2D eigenvalue weighted by Gasteiger charge is 2.25. The minimum absolute atomic E-state index is 0.0670. The highest BCUT2D eigenvalue weighted by atomic mass is 32.2. The van der Waals surface area contributed by atoms with Crippen LogP contribution in [0.25, 0.3) is 11.1 Å². The van der Waals surface area contributed by atoms with Crippen LogP contribution in [-0.4, -0.2) is 41.8 Å². The molecule has 1 aromatic heterocycles. The van der Waals surface area contributed by atoms with E-state index in [4.69, 9.17) is 0 Å². The third-order valence-electron chi connectivity index (χ3n) is 5.33. The molecule has 1 amide bonds. The molecule has 1 aliphatic rings. The molecule has 0 fully saturated rings. The number of nitrogens with one attached hydrogen (secondary N) is 2. The molecule has 0 unspecified atom stereocenters. The number of anilines is 3. The lowest BCUT2D eigenvalue weighted by molar-refractivity contribution is -0.129. The number of hydrogen-bond donors (Lipinski definition) is 2. The van der Waals surface area contributed by atoms with E-state index < -0.39 is 10.0 Å². The second-order valence-electron chi connectivity index (χ2n) is 7.75. The second kappa shape index (κ2) is 8.07. The van der Waals surface area contributed by atoms with Gasteiger partial charge in [0, 0.05) is 49.6 Å². The van der Waals surface area contributed by atoms with E-state index in [1.807, 2.05) is 53.0 Å². The molecule has 0 atom stereocenters. The fourth-order valence-electron chi connectivity index (χ4n) is 3.82. The lowest BCUT2D eigenvalue weighted by Gasteiger charge is -2.26. The highest BCUT2D eigenvalue weighted by molar-refractivity contribution is 7.92. The number of hydrogen-bond acceptors (Lipinski definition) is 5. The van der Waals surface area contributed by atoms with Crippen molar-refractivity contribution in [3.05, 3.63) is 59.8 Å². The SMILES string of the molecule is CC(=O)N1CCc2c(c(Nc3ccc(-c4cccc(NS(C)(=O)=O)c4)cc3)nn2C)C1. The fourth-order valence-corrected chi connectivity index (χ4v) is 4.38. The van der Waals surface area contributed by atoms with Crippen molar-refractivity contribution < 1.29 is 13.2 Å². The third-order valence-corrected chi connectivity index (χ3v) is 5.94. The van der Waals surface area contributed by atoms with Gasteiger partial charge in [0.25, 0.3) is 0 Å². The van der Waals surface area contributed by atoms with Crippen molar-refractivity contribution in [1.82, 2.24) is 14.7 Å². The largest absolute Gasteiger partial charge is 0.338 e. The highest BCUT2D eigenvalue weighted by Crippen LogP contribution is 2.29. The zero-order chi connectivity index (χ0) is 22.2. The van der Waals surface area contributed by atoms with E-state index in [1.54, 1.807) is 19.1 Å². The van der Waals surface area contributed by atoms with Crippen LogP contribution < -0.4 is 10.0 Å². The van der Waals surface area contributed by atoms with Gasteiger partial charge >= 0.3 is 0 Å². The van der Waals surface area contributed by atoms with Crippen LogP contribution in [0.2, 0.25) is 0 Å². The Morgan fingerprint density at radius 2 is 1.81 bits per heavy atom. The summed E-state index contributed by atoms with van der Waals surface area (Å²) in [5.74, 6) is 0.827. The van der Waals surface area contributed by atoms with Gasteiger partial charge in [-0.05, 0) is 35.4 Å². The predicted octanol–water partition coefficient (Wildman–Crippen LogP) is 3.11. The Morgan fingerprint density at radius 3 is 2.48 bits per heavy atom. The van der Waals surface area contributed by atoms with Crippen LogP contribution >= 0.6 is 0 Å². The molecule has 8 nitrogen and oxygen atoms in total. The summed E-state index contributed by atoms with van der Waals surface area (Å²) in [5, 5.41) is 7.98. The van der Waals surface area contributed by atoms with E-state index >= 15 is 0 Å². The van der Waals surface area contributed by atoms with Gasteiger partial charge in [-0.2, -0.15) is 5.10 Å². The number of carbonyl (C=O) groups excluding carboxylic acids is 1. The Morgan fingerprint density at radius 1 is 1.06 bits per heavy atom. The smallest absolute Gasteiger partial charge is 0.229 e. The normalized spacial score (nSPS) is 13.6. The van der Waals surface area contributed by atoms with Gasteiger partial charge in [0.15, 0.2) is 5.82 Å². The Bertz CT molecular complexity index is 1230. The van der Waals surface area contributed by atoms with Crippen molar-refractivity contribution in [2.45, 2.75) is 19.9 Å². The summed E-state index contributed by atoms with van der Waals surface area (Å²) in [5.41, 5.74) is 5.48. The molecule has 31 heavy (non-hydrogen) atoms. The van der Waals surface area contributed by atoms with Gasteiger partial charge in [-0.25, -0.2) is 8.42 Å². The first-order valence-corrected chi connectivity index (χ1v) is 11.8. The van der Waals surface area contributed by atoms with Crippen LogP contribution in [0.4, 0.5) is 17.2 Å². The van der Waals surface area contributed by atoms with Crippen molar-refractivity contribution in [1.29, 1.82) is 0 Å².